The molecule has 7 heteroatoms. The summed E-state index contributed by atoms with van der Waals surface area (Å²) in [6, 6.07) is 10.1. The van der Waals surface area contributed by atoms with E-state index in [4.69, 9.17) is 16.3 Å². The molecule has 1 aliphatic heterocycles. The number of carbonyl (C=O) groups is 2. The number of hydrogen-bond acceptors (Lipinski definition) is 3. The van der Waals surface area contributed by atoms with Crippen LogP contribution in [0.15, 0.2) is 48.0 Å². The van der Waals surface area contributed by atoms with Crippen LogP contribution in [0.25, 0.3) is 6.08 Å². The molecule has 0 radical (unpaired) electrons. The zero-order valence-corrected chi connectivity index (χ0v) is 13.3. The summed E-state index contributed by atoms with van der Waals surface area (Å²) in [5, 5.41) is 1.51. The van der Waals surface area contributed by atoms with Gasteiger partial charge in [0.1, 0.15) is 17.1 Å². The van der Waals surface area contributed by atoms with E-state index in [1.165, 1.54) is 37.5 Å². The predicted molar refractivity (Wildman–Crippen MR) is 88.0 cm³/mol. The fourth-order valence-electron chi connectivity index (χ4n) is 2.30. The number of rotatable bonds is 3. The van der Waals surface area contributed by atoms with Crippen molar-refractivity contribution in [3.8, 4) is 5.75 Å². The van der Waals surface area contributed by atoms with Crippen LogP contribution in [0.4, 0.5) is 10.1 Å². The van der Waals surface area contributed by atoms with Crippen LogP contribution < -0.4 is 15.2 Å². The van der Waals surface area contributed by atoms with Crippen LogP contribution in [-0.2, 0) is 9.59 Å². The quantitative estimate of drug-likeness (QED) is 0.686. The molecule has 0 atom stereocenters. The number of anilines is 1. The molecule has 5 nitrogen and oxygen atoms in total. The highest BCUT2D eigenvalue weighted by Gasteiger charge is 2.34. The Labute approximate surface area is 142 Å². The number of benzene rings is 2. The molecule has 122 valence electrons. The van der Waals surface area contributed by atoms with Gasteiger partial charge >= 0.3 is 0 Å². The van der Waals surface area contributed by atoms with E-state index in [1.807, 2.05) is 0 Å². The largest absolute Gasteiger partial charge is 0.496 e. The molecule has 0 bridgehead atoms. The predicted octanol–water partition coefficient (Wildman–Crippen LogP) is 2.95. The van der Waals surface area contributed by atoms with Crippen LogP contribution in [0.2, 0.25) is 5.02 Å². The molecule has 0 aliphatic carbocycles. The molecule has 24 heavy (non-hydrogen) atoms. The molecular weight excluding hydrogens is 335 g/mol. The average Bonchev–Trinajstić information content (AvgIpc) is 2.84. The monoisotopic (exact) mass is 346 g/mol. The maximum Gasteiger partial charge on any atom is 0.282 e. The summed E-state index contributed by atoms with van der Waals surface area (Å²) in [5.41, 5.74) is 3.23. The van der Waals surface area contributed by atoms with Gasteiger partial charge in [0.15, 0.2) is 0 Å². The lowest BCUT2D eigenvalue weighted by Gasteiger charge is -2.14. The molecule has 3 rings (SSSR count). The number of methoxy groups -OCH3 is 1. The van der Waals surface area contributed by atoms with Crippen LogP contribution in [0, 0.1) is 5.82 Å². The molecule has 1 saturated heterocycles. The number of nitrogens with zero attached hydrogens (tertiary/aromatic N) is 1. The van der Waals surface area contributed by atoms with Gasteiger partial charge in [0.25, 0.3) is 11.8 Å². The van der Waals surface area contributed by atoms with Gasteiger partial charge in [-0.3, -0.25) is 15.0 Å². The van der Waals surface area contributed by atoms with Crippen LogP contribution in [-0.4, -0.2) is 18.9 Å². The third kappa shape index (κ3) is 2.96. The number of amides is 2. The van der Waals surface area contributed by atoms with Crippen molar-refractivity contribution in [2.75, 3.05) is 12.1 Å². The van der Waals surface area contributed by atoms with E-state index in [0.717, 1.165) is 5.01 Å². The Bertz CT molecular complexity index is 849. The molecule has 1 fully saturated rings. The molecule has 1 N–H and O–H groups in total. The molecule has 2 aromatic rings. The maximum atomic E-state index is 13.0. The van der Waals surface area contributed by atoms with E-state index in [-0.39, 0.29) is 5.57 Å². The Hall–Kier alpha value is -2.86. The molecular formula is C17H12ClFN2O3. The first-order valence-corrected chi connectivity index (χ1v) is 7.33. The zero-order valence-electron chi connectivity index (χ0n) is 12.5. The maximum absolute atomic E-state index is 13.0. The Morgan fingerprint density at radius 2 is 1.88 bits per heavy atom. The number of hydrogen-bond donors (Lipinski definition) is 1. The number of nitrogens with one attached hydrogen (secondary N) is 1. The molecule has 0 aromatic heterocycles. The van der Waals surface area contributed by atoms with Crippen molar-refractivity contribution in [2.24, 2.45) is 0 Å². The topological polar surface area (TPSA) is 58.6 Å². The van der Waals surface area contributed by atoms with E-state index in [0.29, 0.717) is 22.0 Å². The summed E-state index contributed by atoms with van der Waals surface area (Å²) in [5.74, 6) is -1.07. The van der Waals surface area contributed by atoms with E-state index < -0.39 is 17.6 Å². The number of hydrazine groups is 1. The standard InChI is InChI=1S/C17H12ClFN2O3/c1-24-15-7-2-11(18)8-10(15)9-14-16(22)20-21(17(14)23)13-5-3-12(19)4-6-13/h2-9H,1H3,(H,20,22). The fraction of sp³-hybridized carbons (Fsp3) is 0.0588. The van der Waals surface area contributed by atoms with E-state index in [1.54, 1.807) is 18.2 Å². The molecule has 1 heterocycles. The first-order valence-electron chi connectivity index (χ1n) is 6.96. The summed E-state index contributed by atoms with van der Waals surface area (Å²) < 4.78 is 18.2. The molecule has 2 aromatic carbocycles. The minimum Gasteiger partial charge on any atom is -0.496 e. The van der Waals surface area contributed by atoms with E-state index in [9.17, 15) is 14.0 Å². The molecule has 0 unspecified atom stereocenters. The fourth-order valence-corrected chi connectivity index (χ4v) is 2.48. The smallest absolute Gasteiger partial charge is 0.282 e. The Morgan fingerprint density at radius 1 is 1.17 bits per heavy atom. The summed E-state index contributed by atoms with van der Waals surface area (Å²) in [6.45, 7) is 0. The second-order valence-electron chi connectivity index (χ2n) is 5.00. The third-order valence-electron chi connectivity index (χ3n) is 3.47. The summed E-state index contributed by atoms with van der Waals surface area (Å²) in [7, 11) is 1.48. The van der Waals surface area contributed by atoms with Crippen molar-refractivity contribution < 1.29 is 18.7 Å². The lowest BCUT2D eigenvalue weighted by atomic mass is 10.1. The van der Waals surface area contributed by atoms with Crippen molar-refractivity contribution in [2.45, 2.75) is 0 Å². The number of carbonyl (C=O) groups excluding carboxylic acids is 2. The average molecular weight is 347 g/mol. The van der Waals surface area contributed by atoms with E-state index >= 15 is 0 Å². The molecule has 0 saturated carbocycles. The summed E-state index contributed by atoms with van der Waals surface area (Å²) >= 11 is 5.96. The summed E-state index contributed by atoms with van der Waals surface area (Å²) in [4.78, 5) is 24.6. The number of ether oxygens (including phenoxy) is 1. The highest BCUT2D eigenvalue weighted by atomic mass is 35.5. The van der Waals surface area contributed by atoms with Crippen LogP contribution in [0.5, 0.6) is 5.75 Å². The lowest BCUT2D eigenvalue weighted by Crippen LogP contribution is -2.35. The lowest BCUT2D eigenvalue weighted by molar-refractivity contribution is -0.117. The van der Waals surface area contributed by atoms with Gasteiger partial charge in [0.05, 0.1) is 12.8 Å². The highest BCUT2D eigenvalue weighted by molar-refractivity contribution is 6.32. The van der Waals surface area contributed by atoms with Crippen molar-refractivity contribution >= 4 is 35.2 Å². The van der Waals surface area contributed by atoms with Gasteiger partial charge in [-0.05, 0) is 48.5 Å². The van der Waals surface area contributed by atoms with Gasteiger partial charge < -0.3 is 4.74 Å². The highest BCUT2D eigenvalue weighted by Crippen LogP contribution is 2.27. The Kier molecular flexibility index (Phi) is 4.22. The molecule has 0 spiro atoms. The van der Waals surface area contributed by atoms with Crippen LogP contribution >= 0.6 is 11.6 Å². The Morgan fingerprint density at radius 3 is 2.54 bits per heavy atom. The van der Waals surface area contributed by atoms with Gasteiger partial charge in [0, 0.05) is 10.6 Å². The van der Waals surface area contributed by atoms with E-state index in [2.05, 4.69) is 5.43 Å². The van der Waals surface area contributed by atoms with Crippen molar-refractivity contribution in [3.05, 3.63) is 64.4 Å². The summed E-state index contributed by atoms with van der Waals surface area (Å²) in [6.07, 6.45) is 1.41. The second-order valence-corrected chi connectivity index (χ2v) is 5.44. The minimum atomic E-state index is -0.564. The third-order valence-corrected chi connectivity index (χ3v) is 3.70. The van der Waals surface area contributed by atoms with Gasteiger partial charge in [-0.1, -0.05) is 11.6 Å². The van der Waals surface area contributed by atoms with Crippen LogP contribution in [0.1, 0.15) is 5.56 Å². The SMILES string of the molecule is COc1ccc(Cl)cc1C=C1C(=O)NN(c2ccc(F)cc2)C1=O. The number of halogens is 2. The normalized spacial score (nSPS) is 15.8. The van der Waals surface area contributed by atoms with Gasteiger partial charge in [-0.15, -0.1) is 0 Å². The zero-order chi connectivity index (χ0) is 17.3. The first-order chi connectivity index (χ1) is 11.5. The molecule has 1 aliphatic rings. The van der Waals surface area contributed by atoms with Crippen molar-refractivity contribution in [1.29, 1.82) is 0 Å². The Balaban J connectivity index is 1.97. The first kappa shape index (κ1) is 16.0. The van der Waals surface area contributed by atoms with Crippen molar-refractivity contribution in [3.63, 3.8) is 0 Å². The van der Waals surface area contributed by atoms with Gasteiger partial charge in [-0.2, -0.15) is 0 Å². The molecule has 2 amide bonds. The second kappa shape index (κ2) is 6.33. The van der Waals surface area contributed by atoms with Crippen LogP contribution in [0.3, 0.4) is 0 Å². The van der Waals surface area contributed by atoms with Gasteiger partial charge in [0.2, 0.25) is 0 Å². The minimum absolute atomic E-state index is 0.0695. The van der Waals surface area contributed by atoms with Crippen molar-refractivity contribution in [1.82, 2.24) is 5.43 Å². The van der Waals surface area contributed by atoms with Gasteiger partial charge in [-0.25, -0.2) is 9.40 Å².